The highest BCUT2D eigenvalue weighted by Gasteiger charge is 2.45. The van der Waals surface area contributed by atoms with Gasteiger partial charge in [0.15, 0.2) is 0 Å². The maximum atomic E-state index is 2.85. The Morgan fingerprint density at radius 2 is 0.595 bits per heavy atom. The van der Waals surface area contributed by atoms with Crippen LogP contribution in [-0.4, -0.2) is 0 Å². The predicted molar refractivity (Wildman–Crippen MR) is 151 cm³/mol. The van der Waals surface area contributed by atoms with E-state index < -0.39 is 0 Å². The summed E-state index contributed by atoms with van der Waals surface area (Å²) in [6, 6.07) is 5.70. The Labute approximate surface area is 224 Å². The Morgan fingerprint density at radius 3 is 0.946 bits per heavy atom. The quantitative estimate of drug-likeness (QED) is 0.394. The van der Waals surface area contributed by atoms with Crippen LogP contribution in [0.15, 0.2) is 12.1 Å². The second-order valence-corrected chi connectivity index (χ2v) is 15.1. The second kappa shape index (κ2) is 7.55. The van der Waals surface area contributed by atoms with Crippen molar-refractivity contribution in [2.75, 3.05) is 0 Å². The van der Waals surface area contributed by atoms with E-state index in [-0.39, 0.29) is 0 Å². The van der Waals surface area contributed by atoms with E-state index in [1.807, 2.05) is 55.6 Å². The van der Waals surface area contributed by atoms with Crippen molar-refractivity contribution in [3.8, 4) is 0 Å². The third-order valence-electron chi connectivity index (χ3n) is 13.8. The number of fused-ring (bicyclic) bond motifs is 8. The molecule has 0 aliphatic heterocycles. The van der Waals surface area contributed by atoms with Gasteiger partial charge in [0.05, 0.1) is 0 Å². The largest absolute Gasteiger partial charge is 0.0546 e. The average Bonchev–Trinajstić information content (AvgIpc) is 2.99. The van der Waals surface area contributed by atoms with Gasteiger partial charge in [0.2, 0.25) is 0 Å². The summed E-state index contributed by atoms with van der Waals surface area (Å²) in [4.78, 5) is 0. The van der Waals surface area contributed by atoms with E-state index in [2.05, 4.69) is 12.1 Å². The van der Waals surface area contributed by atoms with Crippen molar-refractivity contribution in [3.63, 3.8) is 0 Å². The highest BCUT2D eigenvalue weighted by molar-refractivity contribution is 5.61. The van der Waals surface area contributed by atoms with Gasteiger partial charge in [0, 0.05) is 0 Å². The molecule has 0 saturated heterocycles. The Morgan fingerprint density at radius 1 is 0.324 bits per heavy atom. The van der Waals surface area contributed by atoms with Crippen molar-refractivity contribution >= 4 is 0 Å². The van der Waals surface area contributed by atoms with Crippen LogP contribution in [0.1, 0.15) is 206 Å². The molecule has 0 spiro atoms. The van der Waals surface area contributed by atoms with Crippen LogP contribution in [0, 0.1) is 0 Å². The summed E-state index contributed by atoms with van der Waals surface area (Å²) in [5.74, 6) is 7.13. The van der Waals surface area contributed by atoms with Crippen molar-refractivity contribution < 1.29 is 0 Å². The molecule has 4 fully saturated rings. The van der Waals surface area contributed by atoms with E-state index in [0.717, 1.165) is 47.3 Å². The van der Waals surface area contributed by atoms with Gasteiger partial charge in [-0.3, -0.25) is 0 Å². The summed E-state index contributed by atoms with van der Waals surface area (Å²) >= 11 is 0. The van der Waals surface area contributed by atoms with Crippen LogP contribution >= 0.6 is 0 Å². The first-order chi connectivity index (χ1) is 18.3. The molecule has 12 aliphatic carbocycles. The summed E-state index contributed by atoms with van der Waals surface area (Å²) in [5, 5.41) is 0. The van der Waals surface area contributed by atoms with Crippen LogP contribution < -0.4 is 0 Å². The summed E-state index contributed by atoms with van der Waals surface area (Å²) in [7, 11) is 0. The minimum absolute atomic E-state index is 0.877. The molecule has 4 saturated carbocycles. The van der Waals surface area contributed by atoms with Crippen molar-refractivity contribution in [2.45, 2.75) is 156 Å². The lowest BCUT2D eigenvalue weighted by Crippen LogP contribution is -2.32. The van der Waals surface area contributed by atoms with Crippen LogP contribution in [0.2, 0.25) is 0 Å². The molecule has 2 aromatic carbocycles. The van der Waals surface area contributed by atoms with Gasteiger partial charge in [-0.15, -0.1) is 0 Å². The van der Waals surface area contributed by atoms with E-state index in [0.29, 0.717) is 0 Å². The normalized spacial score (nSPS) is 39.4. The van der Waals surface area contributed by atoms with Gasteiger partial charge < -0.3 is 0 Å². The molecule has 2 aromatic rings. The zero-order chi connectivity index (χ0) is 23.8. The van der Waals surface area contributed by atoms with Gasteiger partial charge in [-0.2, -0.15) is 0 Å². The molecule has 192 valence electrons. The standard InChI is InChI=1S/C37H44/c1-5-24-6-2-20(1)30-18-28(32-22-9-13-26(14-10-22)36(32)34(24)30)17-29-19-31-21-3-7-25(8-4-21)35(31)37-27-15-11-23(12-16-27)33(29)37/h18-27H,1-17H2. The molecule has 12 aliphatic rings. The fourth-order valence-electron chi connectivity index (χ4n) is 12.3. The van der Waals surface area contributed by atoms with Crippen LogP contribution in [0.5, 0.6) is 0 Å². The van der Waals surface area contributed by atoms with Gasteiger partial charge in [0.25, 0.3) is 0 Å². The van der Waals surface area contributed by atoms with E-state index in [4.69, 9.17) is 0 Å². The van der Waals surface area contributed by atoms with Gasteiger partial charge in [-0.25, -0.2) is 0 Å². The molecule has 0 atom stereocenters. The van der Waals surface area contributed by atoms with Gasteiger partial charge in [0.1, 0.15) is 0 Å². The van der Waals surface area contributed by atoms with Crippen LogP contribution in [-0.2, 0) is 6.42 Å². The van der Waals surface area contributed by atoms with Gasteiger partial charge in [-0.1, -0.05) is 12.1 Å². The maximum absolute atomic E-state index is 2.85. The fourth-order valence-corrected chi connectivity index (χ4v) is 12.3. The number of hydrogen-bond donors (Lipinski definition) is 0. The lowest BCUT2D eigenvalue weighted by molar-refractivity contribution is 0.322. The molecule has 0 radical (unpaired) electrons. The van der Waals surface area contributed by atoms with Crippen LogP contribution in [0.4, 0.5) is 0 Å². The molecule has 0 N–H and O–H groups in total. The first-order valence-corrected chi connectivity index (χ1v) is 16.7. The monoisotopic (exact) mass is 488 g/mol. The van der Waals surface area contributed by atoms with Crippen molar-refractivity contribution in [3.05, 3.63) is 67.8 Å². The van der Waals surface area contributed by atoms with Gasteiger partial charge in [-0.05, 0) is 212 Å². The number of rotatable bonds is 2. The third-order valence-corrected chi connectivity index (χ3v) is 13.8. The van der Waals surface area contributed by atoms with Crippen LogP contribution in [0.3, 0.4) is 0 Å². The third kappa shape index (κ3) is 2.77. The van der Waals surface area contributed by atoms with Crippen molar-refractivity contribution in [1.82, 2.24) is 0 Å². The van der Waals surface area contributed by atoms with Crippen molar-refractivity contribution in [2.24, 2.45) is 0 Å². The zero-order valence-corrected chi connectivity index (χ0v) is 22.8. The lowest BCUT2D eigenvalue weighted by Gasteiger charge is -2.48. The van der Waals surface area contributed by atoms with Gasteiger partial charge >= 0.3 is 0 Å². The minimum Gasteiger partial charge on any atom is -0.0546 e. The molecular formula is C37H44. The smallest absolute Gasteiger partial charge is 0.00197 e. The maximum Gasteiger partial charge on any atom is -0.00197 e. The summed E-state index contributed by atoms with van der Waals surface area (Å²) < 4.78 is 0. The summed E-state index contributed by atoms with van der Waals surface area (Å²) in [6.45, 7) is 0. The van der Waals surface area contributed by atoms with E-state index in [1.54, 1.807) is 0 Å². The second-order valence-electron chi connectivity index (χ2n) is 15.1. The Hall–Kier alpha value is -1.56. The highest BCUT2D eigenvalue weighted by atomic mass is 14.5. The Balaban J connectivity index is 1.19. The molecule has 37 heavy (non-hydrogen) atoms. The Bertz CT molecular complexity index is 1190. The lowest BCUT2D eigenvalue weighted by atomic mass is 9.56. The molecular weight excluding hydrogens is 444 g/mol. The summed E-state index contributed by atoms with van der Waals surface area (Å²) in [6.07, 6.45) is 25.0. The molecule has 0 heteroatoms. The number of benzene rings is 2. The average molecular weight is 489 g/mol. The first kappa shape index (κ1) is 21.3. The molecule has 0 unspecified atom stereocenters. The zero-order valence-electron chi connectivity index (χ0n) is 22.8. The minimum atomic E-state index is 0.877. The summed E-state index contributed by atoms with van der Waals surface area (Å²) in [5.41, 5.74) is 19.0. The predicted octanol–water partition coefficient (Wildman–Crippen LogP) is 10.3. The topological polar surface area (TPSA) is 0 Å². The van der Waals surface area contributed by atoms with Crippen molar-refractivity contribution in [1.29, 1.82) is 0 Å². The van der Waals surface area contributed by atoms with Crippen LogP contribution in [0.25, 0.3) is 0 Å². The Kier molecular flexibility index (Phi) is 4.34. The molecule has 14 rings (SSSR count). The first-order valence-electron chi connectivity index (χ1n) is 16.7. The molecule has 0 aromatic heterocycles. The SMILES string of the molecule is c1c(Cc2cc3c(c4c2C2CCC4CC2)C2CCC3CC2)c2c(c3c1C1CCC3CC1)C1CCC2CC1. The molecule has 0 nitrogen and oxygen atoms in total. The van der Waals surface area contributed by atoms with E-state index >= 15 is 0 Å². The van der Waals surface area contributed by atoms with E-state index in [1.165, 1.54) is 109 Å². The molecule has 8 bridgehead atoms. The number of hydrogen-bond acceptors (Lipinski definition) is 0. The highest BCUT2D eigenvalue weighted by Crippen LogP contribution is 2.61. The fraction of sp³-hybridized carbons (Fsp3) is 0.676. The van der Waals surface area contributed by atoms with E-state index in [9.17, 15) is 0 Å². The molecule has 0 amide bonds. The molecule has 0 heterocycles.